The molecule has 1 saturated heterocycles. The second kappa shape index (κ2) is 6.24. The van der Waals surface area contributed by atoms with E-state index >= 15 is 0 Å². The van der Waals surface area contributed by atoms with Crippen LogP contribution in [-0.4, -0.2) is 50.3 Å². The Bertz CT molecular complexity index is 479. The summed E-state index contributed by atoms with van der Waals surface area (Å²) in [7, 11) is 2.21. The minimum absolute atomic E-state index is 0.0779. The summed E-state index contributed by atoms with van der Waals surface area (Å²) < 4.78 is 5.92. The van der Waals surface area contributed by atoms with Gasteiger partial charge >= 0.3 is 0 Å². The molecular formula is C17H27N3O. The van der Waals surface area contributed by atoms with Crippen LogP contribution in [0.4, 0.5) is 5.69 Å². The molecule has 0 radical (unpaired) electrons. The lowest BCUT2D eigenvalue weighted by molar-refractivity contribution is 0.310. The Morgan fingerprint density at radius 1 is 1.14 bits per heavy atom. The summed E-state index contributed by atoms with van der Waals surface area (Å²) in [5.74, 6) is 1.01. The van der Waals surface area contributed by atoms with E-state index in [1.165, 1.54) is 25.1 Å². The summed E-state index contributed by atoms with van der Waals surface area (Å²) in [5.41, 5.74) is 7.60. The lowest BCUT2D eigenvalue weighted by Crippen LogP contribution is -2.55. The first-order chi connectivity index (χ1) is 10.2. The predicted molar refractivity (Wildman–Crippen MR) is 87.0 cm³/mol. The zero-order chi connectivity index (χ0) is 14.7. The zero-order valence-electron chi connectivity index (χ0n) is 13.1. The van der Waals surface area contributed by atoms with Crippen molar-refractivity contribution < 1.29 is 4.74 Å². The van der Waals surface area contributed by atoms with Crippen molar-refractivity contribution in [1.82, 2.24) is 4.90 Å². The maximum absolute atomic E-state index is 6.29. The minimum Gasteiger partial charge on any atom is -0.491 e. The fourth-order valence-corrected chi connectivity index (χ4v) is 3.72. The molecule has 2 heterocycles. The van der Waals surface area contributed by atoms with Crippen LogP contribution in [0.2, 0.25) is 0 Å². The minimum atomic E-state index is 0.0779. The van der Waals surface area contributed by atoms with Crippen LogP contribution in [0, 0.1) is 0 Å². The van der Waals surface area contributed by atoms with Crippen LogP contribution >= 0.6 is 0 Å². The summed E-state index contributed by atoms with van der Waals surface area (Å²) in [6.07, 6.45) is 4.58. The third-order valence-electron chi connectivity index (χ3n) is 5.03. The summed E-state index contributed by atoms with van der Waals surface area (Å²) in [6.45, 7) is 4.85. The van der Waals surface area contributed by atoms with Gasteiger partial charge in [0.25, 0.3) is 0 Å². The molecule has 3 rings (SSSR count). The van der Waals surface area contributed by atoms with Crippen molar-refractivity contribution in [3.05, 3.63) is 24.3 Å². The Morgan fingerprint density at radius 2 is 2.00 bits per heavy atom. The van der Waals surface area contributed by atoms with E-state index in [9.17, 15) is 0 Å². The van der Waals surface area contributed by atoms with Crippen LogP contribution < -0.4 is 15.4 Å². The van der Waals surface area contributed by atoms with Gasteiger partial charge in [-0.15, -0.1) is 0 Å². The number of fused-ring (bicyclic) bond motifs is 1. The Kier molecular flexibility index (Phi) is 4.36. The van der Waals surface area contributed by atoms with E-state index in [0.717, 1.165) is 44.8 Å². The van der Waals surface area contributed by atoms with E-state index in [2.05, 4.69) is 41.1 Å². The van der Waals surface area contributed by atoms with Gasteiger partial charge in [-0.1, -0.05) is 12.1 Å². The molecule has 0 aromatic heterocycles. The van der Waals surface area contributed by atoms with Crippen LogP contribution in [0.3, 0.4) is 0 Å². The third kappa shape index (κ3) is 2.87. The summed E-state index contributed by atoms with van der Waals surface area (Å²) >= 11 is 0. The lowest BCUT2D eigenvalue weighted by atomic mass is 9.87. The molecule has 0 aliphatic carbocycles. The van der Waals surface area contributed by atoms with Crippen molar-refractivity contribution in [2.45, 2.75) is 31.2 Å². The molecule has 2 N–H and O–H groups in total. The molecule has 0 bridgehead atoms. The van der Waals surface area contributed by atoms with Crippen molar-refractivity contribution in [1.29, 1.82) is 0 Å². The quantitative estimate of drug-likeness (QED) is 0.905. The van der Waals surface area contributed by atoms with Crippen molar-refractivity contribution in [2.24, 2.45) is 5.73 Å². The van der Waals surface area contributed by atoms with Gasteiger partial charge in [0.05, 0.1) is 17.8 Å². The van der Waals surface area contributed by atoms with Gasteiger partial charge in [0.1, 0.15) is 5.75 Å². The van der Waals surface area contributed by atoms with Crippen molar-refractivity contribution >= 4 is 5.69 Å². The lowest BCUT2D eigenvalue weighted by Gasteiger charge is -2.44. The van der Waals surface area contributed by atoms with Gasteiger partial charge in [-0.2, -0.15) is 0 Å². The normalized spacial score (nSPS) is 27.4. The molecule has 2 aliphatic heterocycles. The van der Waals surface area contributed by atoms with Gasteiger partial charge in [0.2, 0.25) is 0 Å². The summed E-state index contributed by atoms with van der Waals surface area (Å²) in [6, 6.07) is 8.43. The Hall–Kier alpha value is -1.26. The molecule has 4 heteroatoms. The number of nitrogens with zero attached hydrogens (tertiary/aromatic N) is 2. The highest BCUT2D eigenvalue weighted by atomic mass is 16.5. The fraction of sp³-hybridized carbons (Fsp3) is 0.647. The highest BCUT2D eigenvalue weighted by Gasteiger charge is 2.38. The molecule has 1 atom stereocenters. The van der Waals surface area contributed by atoms with Gasteiger partial charge in [-0.05, 0) is 51.4 Å². The predicted octanol–water partition coefficient (Wildman–Crippen LogP) is 2.09. The third-order valence-corrected chi connectivity index (χ3v) is 5.03. The van der Waals surface area contributed by atoms with Gasteiger partial charge in [0, 0.05) is 19.6 Å². The van der Waals surface area contributed by atoms with E-state index in [4.69, 9.17) is 10.5 Å². The van der Waals surface area contributed by atoms with E-state index in [1.807, 2.05) is 0 Å². The number of ether oxygens (including phenoxy) is 1. The van der Waals surface area contributed by atoms with Crippen LogP contribution in [0.1, 0.15) is 25.7 Å². The van der Waals surface area contributed by atoms with Gasteiger partial charge in [-0.25, -0.2) is 0 Å². The van der Waals surface area contributed by atoms with Crippen LogP contribution in [0.25, 0.3) is 0 Å². The van der Waals surface area contributed by atoms with Crippen molar-refractivity contribution in [3.8, 4) is 5.75 Å². The maximum Gasteiger partial charge on any atom is 0.142 e. The van der Waals surface area contributed by atoms with E-state index in [-0.39, 0.29) is 5.54 Å². The molecule has 21 heavy (non-hydrogen) atoms. The molecule has 0 amide bonds. The van der Waals surface area contributed by atoms with Crippen LogP contribution in [0.5, 0.6) is 5.75 Å². The topological polar surface area (TPSA) is 41.7 Å². The first-order valence-electron chi connectivity index (χ1n) is 8.13. The number of para-hydroxylation sites is 2. The highest BCUT2D eigenvalue weighted by molar-refractivity contribution is 5.61. The van der Waals surface area contributed by atoms with Crippen LogP contribution in [0.15, 0.2) is 24.3 Å². The second-order valence-electron chi connectivity index (χ2n) is 6.41. The number of rotatable bonds is 2. The molecule has 1 unspecified atom stereocenters. The summed E-state index contributed by atoms with van der Waals surface area (Å²) in [5, 5.41) is 0. The number of nitrogens with two attached hydrogens (primary N) is 1. The molecule has 4 nitrogen and oxygen atoms in total. The van der Waals surface area contributed by atoms with E-state index in [1.54, 1.807) is 0 Å². The number of hydrogen-bond acceptors (Lipinski definition) is 4. The summed E-state index contributed by atoms with van der Waals surface area (Å²) in [4.78, 5) is 4.98. The number of likely N-dealkylation sites (tertiary alicyclic amines) is 1. The monoisotopic (exact) mass is 289 g/mol. The van der Waals surface area contributed by atoms with E-state index < -0.39 is 0 Å². The molecule has 2 aliphatic rings. The molecule has 1 aromatic rings. The van der Waals surface area contributed by atoms with E-state index in [0.29, 0.717) is 0 Å². The second-order valence-corrected chi connectivity index (χ2v) is 6.41. The van der Waals surface area contributed by atoms with Gasteiger partial charge < -0.3 is 20.3 Å². The fourth-order valence-electron chi connectivity index (χ4n) is 3.72. The molecule has 0 saturated carbocycles. The molecule has 1 aromatic carbocycles. The number of benzene rings is 1. The molecule has 0 spiro atoms. The smallest absolute Gasteiger partial charge is 0.142 e. The van der Waals surface area contributed by atoms with Gasteiger partial charge in [0.15, 0.2) is 0 Å². The first kappa shape index (κ1) is 14.7. The SMILES string of the molecule is CN1CCCC(CN)(N2CCCOc3ccccc32)CC1. The largest absolute Gasteiger partial charge is 0.491 e. The number of hydrogen-bond donors (Lipinski definition) is 1. The Labute approximate surface area is 127 Å². The molecule has 1 fully saturated rings. The molecular weight excluding hydrogens is 262 g/mol. The average Bonchev–Trinajstić information content (AvgIpc) is 2.84. The first-order valence-corrected chi connectivity index (χ1v) is 8.13. The molecule has 116 valence electrons. The van der Waals surface area contributed by atoms with Crippen molar-refractivity contribution in [2.75, 3.05) is 44.7 Å². The maximum atomic E-state index is 6.29. The highest BCUT2D eigenvalue weighted by Crippen LogP contribution is 2.39. The Morgan fingerprint density at radius 3 is 2.86 bits per heavy atom. The number of anilines is 1. The van der Waals surface area contributed by atoms with Gasteiger partial charge in [-0.3, -0.25) is 0 Å². The Balaban J connectivity index is 1.96. The standard InChI is InChI=1S/C17H27N3O/c1-19-10-4-8-17(14-18,9-12-19)20-11-5-13-21-16-7-3-2-6-15(16)20/h2-3,6-7H,4-5,8-14,18H2,1H3. The average molecular weight is 289 g/mol. The van der Waals surface area contributed by atoms with Crippen molar-refractivity contribution in [3.63, 3.8) is 0 Å². The van der Waals surface area contributed by atoms with Crippen LogP contribution in [-0.2, 0) is 0 Å². The zero-order valence-corrected chi connectivity index (χ0v) is 13.1.